The van der Waals surface area contributed by atoms with E-state index in [1.54, 1.807) is 0 Å². The first-order chi connectivity index (χ1) is 6.00. The van der Waals surface area contributed by atoms with Crippen molar-refractivity contribution in [2.75, 3.05) is 13.1 Å². The molecule has 0 spiro atoms. The van der Waals surface area contributed by atoms with Crippen molar-refractivity contribution < 1.29 is 0 Å². The minimum Gasteiger partial charge on any atom is -0.300 e. The summed E-state index contributed by atoms with van der Waals surface area (Å²) in [7, 11) is 0. The molecule has 0 amide bonds. The summed E-state index contributed by atoms with van der Waals surface area (Å²) >= 11 is 0. The van der Waals surface area contributed by atoms with Crippen molar-refractivity contribution in [1.29, 1.82) is 0 Å². The van der Waals surface area contributed by atoms with E-state index in [1.807, 2.05) is 0 Å². The molecule has 0 N–H and O–H groups in total. The molecule has 13 heavy (non-hydrogen) atoms. The van der Waals surface area contributed by atoms with Crippen LogP contribution in [0.4, 0.5) is 0 Å². The minimum absolute atomic E-state index is 0.726. The summed E-state index contributed by atoms with van der Waals surface area (Å²) < 4.78 is 0. The van der Waals surface area contributed by atoms with Crippen molar-refractivity contribution in [3.05, 3.63) is 0 Å². The van der Waals surface area contributed by atoms with Crippen LogP contribution in [0.25, 0.3) is 0 Å². The molecule has 1 aliphatic heterocycles. The topological polar surface area (TPSA) is 3.24 Å². The highest BCUT2D eigenvalue weighted by atomic mass is 15.2. The molecule has 1 nitrogen and oxygen atoms in total. The highest BCUT2D eigenvalue weighted by molar-refractivity contribution is 4.80. The Balaban J connectivity index is 2.52. The van der Waals surface area contributed by atoms with E-state index in [4.69, 9.17) is 0 Å². The van der Waals surface area contributed by atoms with Gasteiger partial charge in [0.05, 0.1) is 0 Å². The fourth-order valence-corrected chi connectivity index (χ4v) is 2.35. The molecule has 0 aromatic rings. The summed E-state index contributed by atoms with van der Waals surface area (Å²) in [5.74, 6) is 2.67. The quantitative estimate of drug-likeness (QED) is 0.636. The SMILES string of the molecule is CC(C)C1C[C@H](C)CN(C(C)C)C1. The van der Waals surface area contributed by atoms with Crippen LogP contribution in [-0.2, 0) is 0 Å². The van der Waals surface area contributed by atoms with Crippen LogP contribution in [0, 0.1) is 17.8 Å². The molecule has 1 aliphatic rings. The van der Waals surface area contributed by atoms with Crippen LogP contribution in [0.1, 0.15) is 41.0 Å². The Morgan fingerprint density at radius 3 is 2.15 bits per heavy atom. The molecule has 0 aliphatic carbocycles. The van der Waals surface area contributed by atoms with Gasteiger partial charge in [-0.05, 0) is 38.0 Å². The Bertz CT molecular complexity index is 135. The van der Waals surface area contributed by atoms with E-state index in [0.29, 0.717) is 0 Å². The number of likely N-dealkylation sites (tertiary alicyclic amines) is 1. The highest BCUT2D eigenvalue weighted by Crippen LogP contribution is 2.27. The molecule has 1 unspecified atom stereocenters. The smallest absolute Gasteiger partial charge is 0.00388 e. The second-order valence-corrected chi connectivity index (χ2v) is 5.39. The zero-order chi connectivity index (χ0) is 10.0. The Kier molecular flexibility index (Phi) is 3.78. The van der Waals surface area contributed by atoms with Crippen molar-refractivity contribution in [2.24, 2.45) is 17.8 Å². The lowest BCUT2D eigenvalue weighted by Gasteiger charge is -2.40. The third-order valence-electron chi connectivity index (χ3n) is 3.39. The molecule has 0 saturated carbocycles. The van der Waals surface area contributed by atoms with Crippen LogP contribution >= 0.6 is 0 Å². The first kappa shape index (κ1) is 11.0. The van der Waals surface area contributed by atoms with E-state index in [1.165, 1.54) is 19.5 Å². The zero-order valence-corrected chi connectivity index (χ0v) is 9.88. The van der Waals surface area contributed by atoms with Gasteiger partial charge in [-0.15, -0.1) is 0 Å². The van der Waals surface area contributed by atoms with Gasteiger partial charge in [0.15, 0.2) is 0 Å². The molecule has 1 rings (SSSR count). The lowest BCUT2D eigenvalue weighted by Crippen LogP contribution is -2.44. The minimum atomic E-state index is 0.726. The van der Waals surface area contributed by atoms with E-state index in [0.717, 1.165) is 23.8 Å². The lowest BCUT2D eigenvalue weighted by atomic mass is 9.83. The largest absolute Gasteiger partial charge is 0.300 e. The van der Waals surface area contributed by atoms with Gasteiger partial charge in [-0.25, -0.2) is 0 Å². The van der Waals surface area contributed by atoms with Crippen LogP contribution < -0.4 is 0 Å². The van der Waals surface area contributed by atoms with Gasteiger partial charge < -0.3 is 4.90 Å². The Labute approximate surface area is 83.5 Å². The third-order valence-corrected chi connectivity index (χ3v) is 3.39. The molecule has 0 bridgehead atoms. The first-order valence-electron chi connectivity index (χ1n) is 5.74. The monoisotopic (exact) mass is 183 g/mol. The molecule has 1 heteroatoms. The van der Waals surface area contributed by atoms with Crippen LogP contribution in [0.15, 0.2) is 0 Å². The lowest BCUT2D eigenvalue weighted by molar-refractivity contribution is 0.0824. The van der Waals surface area contributed by atoms with Gasteiger partial charge in [0.1, 0.15) is 0 Å². The zero-order valence-electron chi connectivity index (χ0n) is 9.88. The summed E-state index contributed by atoms with van der Waals surface area (Å²) in [6, 6.07) is 0.726. The number of hydrogen-bond acceptors (Lipinski definition) is 1. The van der Waals surface area contributed by atoms with Crippen LogP contribution in [0.5, 0.6) is 0 Å². The van der Waals surface area contributed by atoms with Gasteiger partial charge in [0.25, 0.3) is 0 Å². The van der Waals surface area contributed by atoms with Gasteiger partial charge in [-0.2, -0.15) is 0 Å². The number of nitrogens with zero attached hydrogens (tertiary/aromatic N) is 1. The second-order valence-electron chi connectivity index (χ2n) is 5.39. The average Bonchev–Trinajstić information content (AvgIpc) is 2.03. The van der Waals surface area contributed by atoms with Crippen molar-refractivity contribution >= 4 is 0 Å². The predicted molar refractivity (Wildman–Crippen MR) is 58.8 cm³/mol. The summed E-state index contributed by atoms with van der Waals surface area (Å²) in [6.07, 6.45) is 1.43. The van der Waals surface area contributed by atoms with E-state index in [2.05, 4.69) is 39.5 Å². The van der Waals surface area contributed by atoms with Crippen LogP contribution in [-0.4, -0.2) is 24.0 Å². The fraction of sp³-hybridized carbons (Fsp3) is 1.00. The van der Waals surface area contributed by atoms with Gasteiger partial charge in [0.2, 0.25) is 0 Å². The number of rotatable bonds is 2. The molecular weight excluding hydrogens is 158 g/mol. The third kappa shape index (κ3) is 2.98. The summed E-state index contributed by atoms with van der Waals surface area (Å²) in [4.78, 5) is 2.64. The summed E-state index contributed by atoms with van der Waals surface area (Å²) in [6.45, 7) is 14.4. The predicted octanol–water partition coefficient (Wildman–Crippen LogP) is 3.01. The molecule has 1 saturated heterocycles. The van der Waals surface area contributed by atoms with E-state index < -0.39 is 0 Å². The molecule has 78 valence electrons. The molecule has 2 atom stereocenters. The fourth-order valence-electron chi connectivity index (χ4n) is 2.35. The first-order valence-corrected chi connectivity index (χ1v) is 5.74. The van der Waals surface area contributed by atoms with Gasteiger partial charge >= 0.3 is 0 Å². The van der Waals surface area contributed by atoms with Crippen molar-refractivity contribution in [3.63, 3.8) is 0 Å². The standard InChI is InChI=1S/C12H25N/c1-9(2)12-6-11(5)7-13(8-12)10(3)4/h9-12H,6-8H2,1-5H3/t11-,12?/m0/s1. The van der Waals surface area contributed by atoms with Crippen molar-refractivity contribution in [3.8, 4) is 0 Å². The van der Waals surface area contributed by atoms with Crippen molar-refractivity contribution in [2.45, 2.75) is 47.1 Å². The molecule has 1 heterocycles. The average molecular weight is 183 g/mol. The molecule has 0 aromatic carbocycles. The number of hydrogen-bond donors (Lipinski definition) is 0. The highest BCUT2D eigenvalue weighted by Gasteiger charge is 2.27. The van der Waals surface area contributed by atoms with Gasteiger partial charge in [0, 0.05) is 19.1 Å². The Morgan fingerprint density at radius 1 is 1.08 bits per heavy atom. The summed E-state index contributed by atoms with van der Waals surface area (Å²) in [5, 5.41) is 0. The van der Waals surface area contributed by atoms with Crippen LogP contribution in [0.3, 0.4) is 0 Å². The number of piperidine rings is 1. The van der Waals surface area contributed by atoms with E-state index >= 15 is 0 Å². The molecular formula is C12H25N. The Hall–Kier alpha value is -0.0400. The second kappa shape index (κ2) is 4.45. The van der Waals surface area contributed by atoms with E-state index in [-0.39, 0.29) is 0 Å². The van der Waals surface area contributed by atoms with E-state index in [9.17, 15) is 0 Å². The van der Waals surface area contributed by atoms with Gasteiger partial charge in [-0.1, -0.05) is 20.8 Å². The molecule has 1 fully saturated rings. The maximum atomic E-state index is 2.64. The molecule has 0 radical (unpaired) electrons. The van der Waals surface area contributed by atoms with Crippen molar-refractivity contribution in [1.82, 2.24) is 4.90 Å². The normalized spacial score (nSPS) is 31.6. The molecule has 0 aromatic heterocycles. The van der Waals surface area contributed by atoms with Crippen LogP contribution in [0.2, 0.25) is 0 Å². The Morgan fingerprint density at radius 2 is 1.69 bits per heavy atom. The maximum absolute atomic E-state index is 2.64. The van der Waals surface area contributed by atoms with Gasteiger partial charge in [-0.3, -0.25) is 0 Å². The summed E-state index contributed by atoms with van der Waals surface area (Å²) in [5.41, 5.74) is 0. The maximum Gasteiger partial charge on any atom is 0.00388 e.